The highest BCUT2D eigenvalue weighted by atomic mass is 16.8. The first-order valence-electron chi connectivity index (χ1n) is 5.65. The van der Waals surface area contributed by atoms with Crippen molar-refractivity contribution in [1.29, 1.82) is 0 Å². The maximum atomic E-state index is 11.2. The minimum atomic E-state index is -0.692. The molecular weight excluding hydrogens is 224 g/mol. The van der Waals surface area contributed by atoms with Gasteiger partial charge in [0.05, 0.1) is 0 Å². The maximum absolute atomic E-state index is 11.2. The van der Waals surface area contributed by atoms with Gasteiger partial charge in [-0.3, -0.25) is 0 Å². The molecule has 17 heavy (non-hydrogen) atoms. The smallest absolute Gasteiger partial charge is 0.335 e. The van der Waals surface area contributed by atoms with E-state index in [2.05, 4.69) is 6.58 Å². The third-order valence-corrected chi connectivity index (χ3v) is 1.79. The van der Waals surface area contributed by atoms with Crippen LogP contribution in [0.1, 0.15) is 34.6 Å². The average Bonchev–Trinajstić information content (AvgIpc) is 2.16. The van der Waals surface area contributed by atoms with E-state index in [9.17, 15) is 4.79 Å². The fourth-order valence-electron chi connectivity index (χ4n) is 1.12. The van der Waals surface area contributed by atoms with Gasteiger partial charge in [0.15, 0.2) is 12.6 Å². The molecule has 0 rings (SSSR count). The first-order chi connectivity index (χ1) is 7.86. The lowest BCUT2D eigenvalue weighted by Crippen LogP contribution is -2.28. The second-order valence-electron chi connectivity index (χ2n) is 3.62. The Kier molecular flexibility index (Phi) is 7.78. The lowest BCUT2D eigenvalue weighted by molar-refractivity contribution is -0.273. The molecule has 0 aliphatic carbocycles. The fourth-order valence-corrected chi connectivity index (χ4v) is 1.12. The highest BCUT2D eigenvalue weighted by Crippen LogP contribution is 2.07. The van der Waals surface area contributed by atoms with Gasteiger partial charge in [0, 0.05) is 12.2 Å². The van der Waals surface area contributed by atoms with Crippen molar-refractivity contribution < 1.29 is 23.7 Å². The van der Waals surface area contributed by atoms with Gasteiger partial charge in [-0.15, -0.1) is 0 Å². The first kappa shape index (κ1) is 16.1. The van der Waals surface area contributed by atoms with Crippen molar-refractivity contribution in [3.8, 4) is 0 Å². The summed E-state index contributed by atoms with van der Waals surface area (Å²) in [6.45, 7) is 12.6. The zero-order valence-electron chi connectivity index (χ0n) is 11.2. The molecule has 100 valence electrons. The molecule has 0 amide bonds. The third kappa shape index (κ3) is 7.90. The predicted octanol–water partition coefficient (Wildman–Crippen LogP) is 2.21. The average molecular weight is 246 g/mol. The van der Waals surface area contributed by atoms with E-state index in [4.69, 9.17) is 18.9 Å². The lowest BCUT2D eigenvalue weighted by atomic mass is 10.4. The van der Waals surface area contributed by atoms with Crippen molar-refractivity contribution in [3.05, 3.63) is 12.2 Å². The highest BCUT2D eigenvalue weighted by Gasteiger charge is 2.15. The maximum Gasteiger partial charge on any atom is 0.335 e. The van der Waals surface area contributed by atoms with Gasteiger partial charge in [-0.1, -0.05) is 6.58 Å². The molecular formula is C12H22O5. The molecule has 3 unspecified atom stereocenters. The molecule has 3 atom stereocenters. The Bertz CT molecular complexity index is 251. The molecule has 0 aromatic carbocycles. The SMILES string of the molecule is C=C(C)C(=O)OC(C)OC(C)OC(C)OCC. The second kappa shape index (κ2) is 8.22. The van der Waals surface area contributed by atoms with Gasteiger partial charge in [0.2, 0.25) is 6.29 Å². The van der Waals surface area contributed by atoms with Gasteiger partial charge >= 0.3 is 5.97 Å². The molecule has 0 aromatic heterocycles. The largest absolute Gasteiger partial charge is 0.433 e. The Morgan fingerprint density at radius 2 is 1.65 bits per heavy atom. The number of carbonyl (C=O) groups excluding carboxylic acids is 1. The van der Waals surface area contributed by atoms with Gasteiger partial charge in [0.25, 0.3) is 0 Å². The number of esters is 1. The van der Waals surface area contributed by atoms with Gasteiger partial charge in [-0.2, -0.15) is 0 Å². The van der Waals surface area contributed by atoms with Crippen LogP contribution in [0.25, 0.3) is 0 Å². The van der Waals surface area contributed by atoms with Crippen LogP contribution in [0.2, 0.25) is 0 Å². The molecule has 0 saturated heterocycles. The first-order valence-corrected chi connectivity index (χ1v) is 5.65. The van der Waals surface area contributed by atoms with Crippen LogP contribution in [0.5, 0.6) is 0 Å². The van der Waals surface area contributed by atoms with E-state index in [1.165, 1.54) is 0 Å². The molecule has 0 spiro atoms. The van der Waals surface area contributed by atoms with Gasteiger partial charge < -0.3 is 18.9 Å². The Morgan fingerprint density at radius 1 is 1.12 bits per heavy atom. The summed E-state index contributed by atoms with van der Waals surface area (Å²) in [4.78, 5) is 11.2. The summed E-state index contributed by atoms with van der Waals surface area (Å²) < 4.78 is 20.8. The highest BCUT2D eigenvalue weighted by molar-refractivity contribution is 5.86. The lowest BCUT2D eigenvalue weighted by Gasteiger charge is -2.22. The second-order valence-corrected chi connectivity index (χ2v) is 3.62. The van der Waals surface area contributed by atoms with Crippen LogP contribution in [0, 0.1) is 0 Å². The molecule has 0 radical (unpaired) electrons. The molecule has 0 heterocycles. The minimum absolute atomic E-state index is 0.330. The molecule has 0 aromatic rings. The van der Waals surface area contributed by atoms with Crippen LogP contribution in [-0.4, -0.2) is 31.4 Å². The zero-order valence-corrected chi connectivity index (χ0v) is 11.2. The Morgan fingerprint density at radius 3 is 2.12 bits per heavy atom. The van der Waals surface area contributed by atoms with Crippen molar-refractivity contribution in [3.63, 3.8) is 0 Å². The molecule has 5 nitrogen and oxygen atoms in total. The molecule has 0 N–H and O–H groups in total. The third-order valence-electron chi connectivity index (χ3n) is 1.79. The van der Waals surface area contributed by atoms with Crippen molar-refractivity contribution in [1.82, 2.24) is 0 Å². The molecule has 0 saturated carbocycles. The molecule has 0 aliphatic heterocycles. The zero-order chi connectivity index (χ0) is 13.4. The van der Waals surface area contributed by atoms with E-state index >= 15 is 0 Å². The number of hydrogen-bond donors (Lipinski definition) is 0. The summed E-state index contributed by atoms with van der Waals surface area (Å²) in [6.07, 6.45) is -1.58. The summed E-state index contributed by atoms with van der Waals surface area (Å²) in [5.74, 6) is -0.484. The van der Waals surface area contributed by atoms with E-state index in [0.717, 1.165) is 0 Å². The van der Waals surface area contributed by atoms with E-state index in [1.807, 2.05) is 6.92 Å². The number of rotatable bonds is 8. The standard InChI is InChI=1S/C12H22O5/c1-7-14-9(4)15-10(5)16-11(6)17-12(13)8(2)3/h9-11H,2,7H2,1,3-6H3. The Balaban J connectivity index is 3.91. The predicted molar refractivity (Wildman–Crippen MR) is 63.1 cm³/mol. The number of carbonyl (C=O) groups is 1. The van der Waals surface area contributed by atoms with Gasteiger partial charge in [-0.05, 0) is 34.6 Å². The number of hydrogen-bond acceptors (Lipinski definition) is 5. The molecule has 0 bridgehead atoms. The van der Waals surface area contributed by atoms with Crippen molar-refractivity contribution in [2.24, 2.45) is 0 Å². The van der Waals surface area contributed by atoms with Crippen LogP contribution < -0.4 is 0 Å². The monoisotopic (exact) mass is 246 g/mol. The van der Waals surface area contributed by atoms with E-state index in [-0.39, 0.29) is 6.29 Å². The van der Waals surface area contributed by atoms with Crippen molar-refractivity contribution in [2.75, 3.05) is 6.61 Å². The Hall–Kier alpha value is -0.910. The van der Waals surface area contributed by atoms with E-state index in [0.29, 0.717) is 12.2 Å². The molecule has 0 aliphatic rings. The fraction of sp³-hybridized carbons (Fsp3) is 0.750. The minimum Gasteiger partial charge on any atom is -0.433 e. The van der Waals surface area contributed by atoms with Crippen LogP contribution in [-0.2, 0) is 23.7 Å². The normalized spacial score (nSPS) is 16.1. The van der Waals surface area contributed by atoms with Gasteiger partial charge in [0.1, 0.15) is 0 Å². The molecule has 5 heteroatoms. The van der Waals surface area contributed by atoms with Crippen LogP contribution >= 0.6 is 0 Å². The van der Waals surface area contributed by atoms with Crippen molar-refractivity contribution >= 4 is 5.97 Å². The van der Waals surface area contributed by atoms with Gasteiger partial charge in [-0.25, -0.2) is 4.79 Å². The van der Waals surface area contributed by atoms with Crippen LogP contribution in [0.15, 0.2) is 12.2 Å². The van der Waals surface area contributed by atoms with Crippen LogP contribution in [0.3, 0.4) is 0 Å². The summed E-state index contributed by atoms with van der Waals surface area (Å²) in [7, 11) is 0. The quantitative estimate of drug-likeness (QED) is 0.373. The summed E-state index contributed by atoms with van der Waals surface area (Å²) in [5, 5.41) is 0. The van der Waals surface area contributed by atoms with E-state index in [1.54, 1.807) is 27.7 Å². The summed E-state index contributed by atoms with van der Waals surface area (Å²) in [6, 6.07) is 0. The summed E-state index contributed by atoms with van der Waals surface area (Å²) in [5.41, 5.74) is 0.330. The molecule has 0 fully saturated rings. The number of ether oxygens (including phenoxy) is 4. The Labute approximate surface area is 103 Å². The van der Waals surface area contributed by atoms with Crippen LogP contribution in [0.4, 0.5) is 0 Å². The van der Waals surface area contributed by atoms with E-state index < -0.39 is 18.5 Å². The topological polar surface area (TPSA) is 54.0 Å². The van der Waals surface area contributed by atoms with Crippen molar-refractivity contribution in [2.45, 2.75) is 53.5 Å². The summed E-state index contributed by atoms with van der Waals surface area (Å²) >= 11 is 0.